The maximum Gasteiger partial charge on any atom is 0.276 e. The third-order valence-electron chi connectivity index (χ3n) is 3.24. The van der Waals surface area contributed by atoms with Gasteiger partial charge >= 0.3 is 0 Å². The van der Waals surface area contributed by atoms with Crippen molar-refractivity contribution in [1.29, 1.82) is 0 Å². The van der Waals surface area contributed by atoms with Crippen molar-refractivity contribution >= 4 is 24.2 Å². The molecule has 2 aromatic carbocycles. The van der Waals surface area contributed by atoms with Crippen LogP contribution in [0.4, 0.5) is 0 Å². The highest BCUT2D eigenvalue weighted by Crippen LogP contribution is 2.23. The molecular formula is C17H18ClN3OS. The highest BCUT2D eigenvalue weighted by Gasteiger charge is 2.15. The zero-order chi connectivity index (χ0) is 15.2. The Morgan fingerprint density at radius 1 is 0.913 bits per heavy atom. The second-order valence-electron chi connectivity index (χ2n) is 4.98. The van der Waals surface area contributed by atoms with Crippen LogP contribution in [0.15, 0.2) is 70.3 Å². The van der Waals surface area contributed by atoms with Crippen LogP contribution in [-0.2, 0) is 12.2 Å². The molecule has 1 atom stereocenters. The van der Waals surface area contributed by atoms with Crippen LogP contribution in [0, 0.1) is 0 Å². The molecule has 4 nitrogen and oxygen atoms in total. The molecule has 120 valence electrons. The molecular weight excluding hydrogens is 330 g/mol. The molecule has 6 heteroatoms. The maximum absolute atomic E-state index is 6.14. The summed E-state index contributed by atoms with van der Waals surface area (Å²) in [5.41, 5.74) is 8.52. The smallest absolute Gasteiger partial charge is 0.276 e. The summed E-state index contributed by atoms with van der Waals surface area (Å²) in [7, 11) is 0. The van der Waals surface area contributed by atoms with Gasteiger partial charge in [0, 0.05) is 5.75 Å². The standard InChI is InChI=1S/C17H17N3OS.ClH/c18-15(11-13-7-3-1-4-8-13)16-19-20-17(21-16)22-12-14-9-5-2-6-10-14;/h1-10,15H,11-12,18H2;1H. The molecule has 0 saturated heterocycles. The highest BCUT2D eigenvalue weighted by atomic mass is 35.5. The van der Waals surface area contributed by atoms with Crippen molar-refractivity contribution in [2.75, 3.05) is 0 Å². The predicted molar refractivity (Wildman–Crippen MR) is 94.6 cm³/mol. The van der Waals surface area contributed by atoms with Crippen LogP contribution in [0.5, 0.6) is 0 Å². The van der Waals surface area contributed by atoms with E-state index in [4.69, 9.17) is 10.2 Å². The fourth-order valence-corrected chi connectivity index (χ4v) is 2.83. The topological polar surface area (TPSA) is 64.9 Å². The normalized spacial score (nSPS) is 11.7. The average molecular weight is 348 g/mol. The van der Waals surface area contributed by atoms with Crippen molar-refractivity contribution in [3.63, 3.8) is 0 Å². The van der Waals surface area contributed by atoms with E-state index in [-0.39, 0.29) is 18.4 Å². The molecule has 0 radical (unpaired) electrons. The molecule has 2 N–H and O–H groups in total. The summed E-state index contributed by atoms with van der Waals surface area (Å²) in [4.78, 5) is 0. The highest BCUT2D eigenvalue weighted by molar-refractivity contribution is 7.98. The lowest BCUT2D eigenvalue weighted by Gasteiger charge is -2.06. The number of thioether (sulfide) groups is 1. The van der Waals surface area contributed by atoms with Gasteiger partial charge in [-0.2, -0.15) is 0 Å². The molecule has 1 aromatic heterocycles. The van der Waals surface area contributed by atoms with Crippen LogP contribution < -0.4 is 5.73 Å². The van der Waals surface area contributed by atoms with E-state index in [0.717, 1.165) is 11.3 Å². The van der Waals surface area contributed by atoms with E-state index in [0.29, 0.717) is 17.5 Å². The van der Waals surface area contributed by atoms with Crippen LogP contribution in [0.25, 0.3) is 0 Å². The summed E-state index contributed by atoms with van der Waals surface area (Å²) in [6.45, 7) is 0. The molecule has 23 heavy (non-hydrogen) atoms. The Bertz CT molecular complexity index is 706. The largest absolute Gasteiger partial charge is 0.414 e. The Morgan fingerprint density at radius 2 is 1.52 bits per heavy atom. The fourth-order valence-electron chi connectivity index (χ4n) is 2.10. The number of nitrogens with zero attached hydrogens (tertiary/aromatic N) is 2. The molecule has 3 aromatic rings. The molecule has 3 rings (SSSR count). The lowest BCUT2D eigenvalue weighted by molar-refractivity contribution is 0.385. The van der Waals surface area contributed by atoms with E-state index in [1.54, 1.807) is 0 Å². The lowest BCUT2D eigenvalue weighted by Crippen LogP contribution is -2.13. The molecule has 0 bridgehead atoms. The van der Waals surface area contributed by atoms with E-state index < -0.39 is 0 Å². The molecule has 0 amide bonds. The van der Waals surface area contributed by atoms with Crippen molar-refractivity contribution in [3.05, 3.63) is 77.7 Å². The summed E-state index contributed by atoms with van der Waals surface area (Å²) in [6, 6.07) is 20.0. The molecule has 0 saturated carbocycles. The second-order valence-corrected chi connectivity index (χ2v) is 5.90. The van der Waals surface area contributed by atoms with Gasteiger partial charge in [0.1, 0.15) is 0 Å². The molecule has 0 fully saturated rings. The maximum atomic E-state index is 6.14. The summed E-state index contributed by atoms with van der Waals surface area (Å²) < 4.78 is 5.66. The third kappa shape index (κ3) is 5.10. The average Bonchev–Trinajstić information content (AvgIpc) is 3.04. The first-order chi connectivity index (χ1) is 10.8. The first-order valence-corrected chi connectivity index (χ1v) is 8.09. The Kier molecular flexibility index (Phi) is 6.65. The van der Waals surface area contributed by atoms with Gasteiger partial charge < -0.3 is 10.2 Å². The molecule has 0 aliphatic rings. The van der Waals surface area contributed by atoms with Gasteiger partial charge in [0.2, 0.25) is 5.89 Å². The van der Waals surface area contributed by atoms with Crippen LogP contribution in [0.1, 0.15) is 23.1 Å². The van der Waals surface area contributed by atoms with Gasteiger partial charge in [-0.1, -0.05) is 72.4 Å². The minimum absolute atomic E-state index is 0. The quantitative estimate of drug-likeness (QED) is 0.682. The first-order valence-electron chi connectivity index (χ1n) is 7.11. The number of benzene rings is 2. The van der Waals surface area contributed by atoms with Crippen molar-refractivity contribution in [2.24, 2.45) is 5.73 Å². The SMILES string of the molecule is Cl.NC(Cc1ccccc1)c1nnc(SCc2ccccc2)o1. The minimum atomic E-state index is -0.277. The summed E-state index contributed by atoms with van der Waals surface area (Å²) in [5.74, 6) is 1.29. The van der Waals surface area contributed by atoms with E-state index in [1.807, 2.05) is 48.5 Å². The molecule has 0 aliphatic carbocycles. The number of halogens is 1. The number of nitrogens with two attached hydrogens (primary N) is 1. The van der Waals surface area contributed by atoms with Gasteiger partial charge in [0.25, 0.3) is 5.22 Å². The zero-order valence-corrected chi connectivity index (χ0v) is 14.1. The van der Waals surface area contributed by atoms with Gasteiger partial charge in [-0.3, -0.25) is 0 Å². The van der Waals surface area contributed by atoms with Gasteiger partial charge in [0.15, 0.2) is 0 Å². The molecule has 1 unspecified atom stereocenters. The lowest BCUT2D eigenvalue weighted by atomic mass is 10.1. The zero-order valence-electron chi connectivity index (χ0n) is 12.5. The minimum Gasteiger partial charge on any atom is -0.414 e. The van der Waals surface area contributed by atoms with Crippen LogP contribution in [-0.4, -0.2) is 10.2 Å². The van der Waals surface area contributed by atoms with Crippen molar-refractivity contribution in [3.8, 4) is 0 Å². The van der Waals surface area contributed by atoms with E-state index >= 15 is 0 Å². The van der Waals surface area contributed by atoms with Crippen molar-refractivity contribution in [1.82, 2.24) is 10.2 Å². The number of rotatable bonds is 6. The fraction of sp³-hybridized carbons (Fsp3) is 0.176. The van der Waals surface area contributed by atoms with E-state index in [9.17, 15) is 0 Å². The molecule has 1 heterocycles. The van der Waals surface area contributed by atoms with E-state index in [1.165, 1.54) is 17.3 Å². The number of hydrogen-bond donors (Lipinski definition) is 1. The van der Waals surface area contributed by atoms with Crippen LogP contribution in [0.3, 0.4) is 0 Å². The van der Waals surface area contributed by atoms with Gasteiger partial charge in [0.05, 0.1) is 6.04 Å². The van der Waals surface area contributed by atoms with Gasteiger partial charge in [-0.05, 0) is 17.5 Å². The van der Waals surface area contributed by atoms with Crippen LogP contribution >= 0.6 is 24.2 Å². The predicted octanol–water partition coefficient (Wildman–Crippen LogP) is 4.03. The number of hydrogen-bond acceptors (Lipinski definition) is 5. The third-order valence-corrected chi connectivity index (χ3v) is 4.13. The van der Waals surface area contributed by atoms with Crippen molar-refractivity contribution < 1.29 is 4.42 Å². The van der Waals surface area contributed by atoms with E-state index in [2.05, 4.69) is 22.3 Å². The van der Waals surface area contributed by atoms with Crippen LogP contribution in [0.2, 0.25) is 0 Å². The second kappa shape index (κ2) is 8.72. The Balaban J connectivity index is 0.00000192. The molecule has 0 aliphatic heterocycles. The Morgan fingerprint density at radius 3 is 2.17 bits per heavy atom. The summed E-state index contributed by atoms with van der Waals surface area (Å²) in [5, 5.41) is 8.68. The summed E-state index contributed by atoms with van der Waals surface area (Å²) >= 11 is 1.52. The Hall–Kier alpha value is -1.82. The first kappa shape index (κ1) is 17.5. The Labute approximate surface area is 145 Å². The monoisotopic (exact) mass is 347 g/mol. The van der Waals surface area contributed by atoms with Gasteiger partial charge in [-0.15, -0.1) is 22.6 Å². The summed E-state index contributed by atoms with van der Waals surface area (Å²) in [6.07, 6.45) is 0.686. The molecule has 0 spiro atoms. The van der Waals surface area contributed by atoms with Gasteiger partial charge in [-0.25, -0.2) is 0 Å². The van der Waals surface area contributed by atoms with Crippen molar-refractivity contribution in [2.45, 2.75) is 23.4 Å². The number of aromatic nitrogens is 2.